The summed E-state index contributed by atoms with van der Waals surface area (Å²) in [5.74, 6) is 0. The molecule has 0 amide bonds. The molecule has 2 aromatic rings. The van der Waals surface area contributed by atoms with Crippen LogP contribution in [0.3, 0.4) is 0 Å². The van der Waals surface area contributed by atoms with E-state index in [1.54, 1.807) is 0 Å². The number of nitrogens with one attached hydrogen (secondary N) is 1. The highest BCUT2D eigenvalue weighted by Crippen LogP contribution is 2.09. The second-order valence-electron chi connectivity index (χ2n) is 4.14. The highest BCUT2D eigenvalue weighted by Gasteiger charge is 2.03. The molecule has 2 aromatic carbocycles. The summed E-state index contributed by atoms with van der Waals surface area (Å²) in [4.78, 5) is 0. The maximum atomic E-state index is 9.59. The number of para-hydroxylation sites is 1. The Morgan fingerprint density at radius 3 is 1.95 bits per heavy atom. The Morgan fingerprint density at radius 2 is 1.53 bits per heavy atom. The second-order valence-corrected chi connectivity index (χ2v) is 4.14. The van der Waals surface area contributed by atoms with E-state index in [2.05, 4.69) is 5.32 Å². The largest absolute Gasteiger partial charge is 0.399 e. The molecular weight excluding hydrogens is 236 g/mol. The second kappa shape index (κ2) is 9.14. The van der Waals surface area contributed by atoms with Crippen molar-refractivity contribution >= 4 is 5.69 Å². The van der Waals surface area contributed by atoms with E-state index in [4.69, 9.17) is 5.73 Å². The Kier molecular flexibility index (Phi) is 7.32. The van der Waals surface area contributed by atoms with Crippen molar-refractivity contribution in [2.75, 3.05) is 18.8 Å². The third kappa shape index (κ3) is 6.60. The van der Waals surface area contributed by atoms with Gasteiger partial charge >= 0.3 is 0 Å². The summed E-state index contributed by atoms with van der Waals surface area (Å²) in [6.07, 6.45) is -0.383. The molecule has 0 saturated carbocycles. The Bertz CT molecular complexity index is 431. The molecule has 0 fully saturated rings. The molecule has 4 N–H and O–H groups in total. The van der Waals surface area contributed by atoms with Crippen LogP contribution < -0.4 is 11.1 Å². The lowest BCUT2D eigenvalue weighted by Gasteiger charge is -2.10. The van der Waals surface area contributed by atoms with Gasteiger partial charge in [-0.25, -0.2) is 0 Å². The average molecular weight is 258 g/mol. The van der Waals surface area contributed by atoms with Gasteiger partial charge in [0.1, 0.15) is 0 Å². The number of anilines is 1. The van der Waals surface area contributed by atoms with E-state index in [-0.39, 0.29) is 6.10 Å². The van der Waals surface area contributed by atoms with Crippen molar-refractivity contribution in [2.24, 2.45) is 0 Å². The predicted molar refractivity (Wildman–Crippen MR) is 80.8 cm³/mol. The zero-order chi connectivity index (χ0) is 13.9. The lowest BCUT2D eigenvalue weighted by atomic mass is 10.1. The van der Waals surface area contributed by atoms with E-state index >= 15 is 0 Å². The molecule has 3 nitrogen and oxygen atoms in total. The highest BCUT2D eigenvalue weighted by atomic mass is 16.3. The lowest BCUT2D eigenvalue weighted by molar-refractivity contribution is 0.175. The van der Waals surface area contributed by atoms with Gasteiger partial charge in [-0.05, 0) is 24.2 Å². The van der Waals surface area contributed by atoms with Crippen LogP contribution in [0.2, 0.25) is 0 Å². The molecule has 0 spiro atoms. The number of nitrogens with two attached hydrogens (primary N) is 1. The first-order chi connectivity index (χ1) is 9.24. The SMILES string of the molecule is CCNC[C@H](O)c1ccccc1.Nc1ccccc1. The van der Waals surface area contributed by atoms with Crippen LogP contribution in [0, 0.1) is 0 Å². The molecule has 19 heavy (non-hydrogen) atoms. The molecule has 2 rings (SSSR count). The molecule has 0 aliphatic rings. The van der Waals surface area contributed by atoms with Gasteiger partial charge in [0.2, 0.25) is 0 Å². The van der Waals surface area contributed by atoms with Gasteiger partial charge in [0.25, 0.3) is 0 Å². The van der Waals surface area contributed by atoms with E-state index in [0.29, 0.717) is 6.54 Å². The lowest BCUT2D eigenvalue weighted by Crippen LogP contribution is -2.20. The number of nitrogen functional groups attached to an aromatic ring is 1. The minimum Gasteiger partial charge on any atom is -0.399 e. The minimum atomic E-state index is -0.383. The summed E-state index contributed by atoms with van der Waals surface area (Å²) in [6, 6.07) is 19.2. The number of hydrogen-bond acceptors (Lipinski definition) is 3. The summed E-state index contributed by atoms with van der Waals surface area (Å²) in [7, 11) is 0. The van der Waals surface area contributed by atoms with Crippen LogP contribution in [-0.4, -0.2) is 18.2 Å². The van der Waals surface area contributed by atoms with Crippen molar-refractivity contribution in [1.82, 2.24) is 5.32 Å². The van der Waals surface area contributed by atoms with Crippen molar-refractivity contribution in [3.8, 4) is 0 Å². The Hall–Kier alpha value is -1.84. The van der Waals surface area contributed by atoms with E-state index < -0.39 is 0 Å². The zero-order valence-corrected chi connectivity index (χ0v) is 11.3. The molecule has 102 valence electrons. The number of likely N-dealkylation sites (N-methyl/N-ethyl adjacent to an activating group) is 1. The standard InChI is InChI=1S/C10H15NO.C6H7N/c1-2-11-8-10(12)9-6-4-3-5-7-9;7-6-4-2-1-3-5-6/h3-7,10-12H,2,8H2,1H3;1-5H,7H2/t10-;/m0./s1. The normalized spacial score (nSPS) is 11.3. The van der Waals surface area contributed by atoms with Gasteiger partial charge in [0.15, 0.2) is 0 Å². The molecule has 3 heteroatoms. The number of rotatable bonds is 4. The van der Waals surface area contributed by atoms with Gasteiger partial charge in [0.05, 0.1) is 6.10 Å². The molecule has 0 unspecified atom stereocenters. The number of benzene rings is 2. The van der Waals surface area contributed by atoms with Crippen LogP contribution >= 0.6 is 0 Å². The van der Waals surface area contributed by atoms with Crippen molar-refractivity contribution in [3.05, 3.63) is 66.2 Å². The summed E-state index contributed by atoms with van der Waals surface area (Å²) in [6.45, 7) is 3.54. The van der Waals surface area contributed by atoms with E-state index in [0.717, 1.165) is 17.8 Å². The van der Waals surface area contributed by atoms with Crippen LogP contribution in [0.5, 0.6) is 0 Å². The topological polar surface area (TPSA) is 58.3 Å². The number of aliphatic hydroxyl groups excluding tert-OH is 1. The van der Waals surface area contributed by atoms with Gasteiger partial charge in [0, 0.05) is 12.2 Å². The van der Waals surface area contributed by atoms with Crippen LogP contribution in [-0.2, 0) is 0 Å². The van der Waals surface area contributed by atoms with Crippen LogP contribution in [0.1, 0.15) is 18.6 Å². The third-order valence-electron chi connectivity index (χ3n) is 2.57. The van der Waals surface area contributed by atoms with Crippen LogP contribution in [0.25, 0.3) is 0 Å². The highest BCUT2D eigenvalue weighted by molar-refractivity contribution is 5.35. The molecule has 0 aliphatic heterocycles. The molecule has 0 heterocycles. The maximum Gasteiger partial charge on any atom is 0.0914 e. The molecule has 0 aromatic heterocycles. The number of hydrogen-bond donors (Lipinski definition) is 3. The first-order valence-electron chi connectivity index (χ1n) is 6.48. The van der Waals surface area contributed by atoms with Gasteiger partial charge in [-0.1, -0.05) is 55.5 Å². The third-order valence-corrected chi connectivity index (χ3v) is 2.57. The zero-order valence-electron chi connectivity index (χ0n) is 11.3. The van der Waals surface area contributed by atoms with Gasteiger partial charge < -0.3 is 16.2 Å². The molecule has 0 bridgehead atoms. The molecule has 1 atom stereocenters. The van der Waals surface area contributed by atoms with Gasteiger partial charge in [-0.2, -0.15) is 0 Å². The Balaban J connectivity index is 0.000000218. The fraction of sp³-hybridized carbons (Fsp3) is 0.250. The average Bonchev–Trinajstić information content (AvgIpc) is 2.47. The quantitative estimate of drug-likeness (QED) is 0.739. The first-order valence-corrected chi connectivity index (χ1v) is 6.48. The van der Waals surface area contributed by atoms with E-state index in [1.165, 1.54) is 0 Å². The predicted octanol–water partition coefficient (Wildman–Crippen LogP) is 2.60. The van der Waals surface area contributed by atoms with Gasteiger partial charge in [-0.3, -0.25) is 0 Å². The summed E-state index contributed by atoms with van der Waals surface area (Å²) < 4.78 is 0. The molecule has 0 saturated heterocycles. The van der Waals surface area contributed by atoms with Crippen molar-refractivity contribution in [3.63, 3.8) is 0 Å². The molecular formula is C16H22N2O. The van der Waals surface area contributed by atoms with Crippen molar-refractivity contribution in [1.29, 1.82) is 0 Å². The number of aliphatic hydroxyl groups is 1. The summed E-state index contributed by atoms with van der Waals surface area (Å²) >= 11 is 0. The fourth-order valence-corrected chi connectivity index (χ4v) is 1.53. The molecule has 0 aliphatic carbocycles. The maximum absolute atomic E-state index is 9.59. The summed E-state index contributed by atoms with van der Waals surface area (Å²) in [5.41, 5.74) is 7.15. The summed E-state index contributed by atoms with van der Waals surface area (Å²) in [5, 5.41) is 12.7. The fourth-order valence-electron chi connectivity index (χ4n) is 1.53. The van der Waals surface area contributed by atoms with Crippen LogP contribution in [0.4, 0.5) is 5.69 Å². The smallest absolute Gasteiger partial charge is 0.0914 e. The van der Waals surface area contributed by atoms with Crippen molar-refractivity contribution < 1.29 is 5.11 Å². The minimum absolute atomic E-state index is 0.383. The Morgan fingerprint density at radius 1 is 1.00 bits per heavy atom. The Labute approximate surface area is 115 Å². The van der Waals surface area contributed by atoms with E-state index in [9.17, 15) is 5.11 Å². The van der Waals surface area contributed by atoms with Crippen molar-refractivity contribution in [2.45, 2.75) is 13.0 Å². The van der Waals surface area contributed by atoms with E-state index in [1.807, 2.05) is 67.6 Å². The van der Waals surface area contributed by atoms with Gasteiger partial charge in [-0.15, -0.1) is 0 Å². The first kappa shape index (κ1) is 15.2. The molecule has 0 radical (unpaired) electrons. The monoisotopic (exact) mass is 258 g/mol. The van der Waals surface area contributed by atoms with Crippen LogP contribution in [0.15, 0.2) is 60.7 Å².